The van der Waals surface area contributed by atoms with Gasteiger partial charge in [0.25, 0.3) is 0 Å². The first-order valence-electron chi connectivity index (χ1n) is 6.68. The molecule has 5 nitrogen and oxygen atoms in total. The van der Waals surface area contributed by atoms with E-state index < -0.39 is 6.09 Å². The minimum atomic E-state index is -0.420. The lowest BCUT2D eigenvalue weighted by atomic mass is 10.2. The SMILES string of the molecule is CCOC(=O)[CH]CCN(C(=O)OCC)c1ccccc1. The van der Waals surface area contributed by atoms with Crippen LogP contribution in [0, 0.1) is 6.42 Å². The lowest BCUT2D eigenvalue weighted by molar-refractivity contribution is -0.139. The Balaban J connectivity index is 2.60. The summed E-state index contributed by atoms with van der Waals surface area (Å²) < 4.78 is 9.83. The zero-order valence-electron chi connectivity index (χ0n) is 11.9. The maximum Gasteiger partial charge on any atom is 0.414 e. The number of hydrogen-bond donors (Lipinski definition) is 0. The van der Waals surface area contributed by atoms with Gasteiger partial charge in [-0.25, -0.2) is 4.79 Å². The minimum absolute atomic E-state index is 0.309. The molecule has 1 amide bonds. The smallest absolute Gasteiger partial charge is 0.414 e. The van der Waals surface area contributed by atoms with E-state index in [2.05, 4.69) is 0 Å². The van der Waals surface area contributed by atoms with Gasteiger partial charge in [-0.05, 0) is 32.4 Å². The van der Waals surface area contributed by atoms with Gasteiger partial charge in [-0.15, -0.1) is 0 Å². The highest BCUT2D eigenvalue weighted by atomic mass is 16.6. The van der Waals surface area contributed by atoms with E-state index in [9.17, 15) is 9.59 Å². The number of para-hydroxylation sites is 1. The molecular weight excluding hydrogens is 258 g/mol. The molecule has 5 heteroatoms. The van der Waals surface area contributed by atoms with Crippen LogP contribution in [0.25, 0.3) is 0 Å². The highest BCUT2D eigenvalue weighted by Crippen LogP contribution is 2.15. The fourth-order valence-electron chi connectivity index (χ4n) is 1.65. The lowest BCUT2D eigenvalue weighted by Crippen LogP contribution is -2.32. The summed E-state index contributed by atoms with van der Waals surface area (Å²) in [5.41, 5.74) is 0.739. The molecule has 0 aliphatic rings. The molecule has 1 radical (unpaired) electrons. The van der Waals surface area contributed by atoms with Crippen molar-refractivity contribution < 1.29 is 19.1 Å². The van der Waals surface area contributed by atoms with Crippen molar-refractivity contribution in [1.82, 2.24) is 0 Å². The molecule has 0 aromatic heterocycles. The van der Waals surface area contributed by atoms with Crippen LogP contribution in [0.1, 0.15) is 20.3 Å². The topological polar surface area (TPSA) is 55.8 Å². The van der Waals surface area contributed by atoms with E-state index in [-0.39, 0.29) is 5.97 Å². The molecule has 0 unspecified atom stereocenters. The van der Waals surface area contributed by atoms with Crippen molar-refractivity contribution in [2.24, 2.45) is 0 Å². The van der Waals surface area contributed by atoms with Gasteiger partial charge in [0.1, 0.15) is 0 Å². The van der Waals surface area contributed by atoms with E-state index in [4.69, 9.17) is 9.47 Å². The van der Waals surface area contributed by atoms with Crippen molar-refractivity contribution in [3.63, 3.8) is 0 Å². The van der Waals surface area contributed by atoms with Crippen LogP contribution in [0.3, 0.4) is 0 Å². The Morgan fingerprint density at radius 1 is 1.10 bits per heavy atom. The molecule has 0 atom stereocenters. The van der Waals surface area contributed by atoms with Crippen LogP contribution in [0.4, 0.5) is 10.5 Å². The van der Waals surface area contributed by atoms with Crippen LogP contribution >= 0.6 is 0 Å². The Morgan fingerprint density at radius 2 is 1.75 bits per heavy atom. The molecule has 20 heavy (non-hydrogen) atoms. The molecule has 0 spiro atoms. The van der Waals surface area contributed by atoms with Gasteiger partial charge in [0.2, 0.25) is 0 Å². The second-order valence-electron chi connectivity index (χ2n) is 3.93. The van der Waals surface area contributed by atoms with E-state index in [1.165, 1.54) is 11.3 Å². The second kappa shape index (κ2) is 8.96. The summed E-state index contributed by atoms with van der Waals surface area (Å²) in [5.74, 6) is -0.371. The van der Waals surface area contributed by atoms with E-state index in [1.54, 1.807) is 13.8 Å². The molecule has 0 heterocycles. The number of hydrogen-bond acceptors (Lipinski definition) is 4. The van der Waals surface area contributed by atoms with Gasteiger partial charge in [0.05, 0.1) is 19.6 Å². The average molecular weight is 278 g/mol. The number of carbonyl (C=O) groups is 2. The third-order valence-electron chi connectivity index (χ3n) is 2.51. The van der Waals surface area contributed by atoms with Gasteiger partial charge in [0.15, 0.2) is 0 Å². The standard InChI is InChI=1S/C15H20NO4/c1-3-19-14(17)11-8-12-16(15(18)20-4-2)13-9-6-5-7-10-13/h5-7,9-11H,3-4,8,12H2,1-2H3. The number of ether oxygens (including phenoxy) is 2. The van der Waals surface area contributed by atoms with Crippen molar-refractivity contribution in [3.05, 3.63) is 36.8 Å². The summed E-state index contributed by atoms with van der Waals surface area (Å²) in [4.78, 5) is 24.7. The maximum absolute atomic E-state index is 11.9. The van der Waals surface area contributed by atoms with E-state index >= 15 is 0 Å². The lowest BCUT2D eigenvalue weighted by Gasteiger charge is -2.21. The zero-order chi connectivity index (χ0) is 14.8. The van der Waals surface area contributed by atoms with Gasteiger partial charge < -0.3 is 9.47 Å². The Kier molecular flexibility index (Phi) is 7.17. The summed E-state index contributed by atoms with van der Waals surface area (Å²) in [6, 6.07) is 9.20. The molecule has 1 aromatic rings. The van der Waals surface area contributed by atoms with Gasteiger partial charge in [-0.3, -0.25) is 9.69 Å². The van der Waals surface area contributed by atoms with Gasteiger partial charge in [-0.2, -0.15) is 0 Å². The highest BCUT2D eigenvalue weighted by Gasteiger charge is 2.17. The van der Waals surface area contributed by atoms with E-state index in [0.29, 0.717) is 26.2 Å². The highest BCUT2D eigenvalue weighted by molar-refractivity contribution is 5.87. The molecule has 0 bridgehead atoms. The van der Waals surface area contributed by atoms with Crippen LogP contribution in [-0.4, -0.2) is 31.8 Å². The molecule has 109 valence electrons. The normalized spacial score (nSPS) is 9.90. The summed E-state index contributed by atoms with van der Waals surface area (Å²) in [5, 5.41) is 0. The Bertz CT molecular complexity index is 419. The summed E-state index contributed by atoms with van der Waals surface area (Å²) >= 11 is 0. The number of anilines is 1. The number of amides is 1. The fourth-order valence-corrected chi connectivity index (χ4v) is 1.65. The number of esters is 1. The first-order chi connectivity index (χ1) is 9.69. The molecule has 1 aromatic carbocycles. The van der Waals surface area contributed by atoms with Crippen LogP contribution in [0.2, 0.25) is 0 Å². The second-order valence-corrected chi connectivity index (χ2v) is 3.93. The number of nitrogens with zero attached hydrogens (tertiary/aromatic N) is 1. The molecule has 0 saturated heterocycles. The zero-order valence-corrected chi connectivity index (χ0v) is 11.9. The Hall–Kier alpha value is -2.04. The van der Waals surface area contributed by atoms with Crippen LogP contribution in [-0.2, 0) is 14.3 Å². The molecule has 0 fully saturated rings. The third-order valence-corrected chi connectivity index (χ3v) is 2.51. The first kappa shape index (κ1) is 16.0. The predicted octanol–water partition coefficient (Wildman–Crippen LogP) is 2.81. The molecule has 0 aliphatic carbocycles. The van der Waals surface area contributed by atoms with Crippen LogP contribution in [0.5, 0.6) is 0 Å². The van der Waals surface area contributed by atoms with E-state index in [0.717, 1.165) is 5.69 Å². The van der Waals surface area contributed by atoms with Crippen LogP contribution in [0.15, 0.2) is 30.3 Å². The number of benzene rings is 1. The largest absolute Gasteiger partial charge is 0.466 e. The molecular formula is C15H20NO4. The van der Waals surface area contributed by atoms with Gasteiger partial charge in [-0.1, -0.05) is 18.2 Å². The van der Waals surface area contributed by atoms with Crippen molar-refractivity contribution in [3.8, 4) is 0 Å². The van der Waals surface area contributed by atoms with Crippen molar-refractivity contribution in [2.45, 2.75) is 20.3 Å². The number of carbonyl (C=O) groups excluding carboxylic acids is 2. The third kappa shape index (κ3) is 5.30. The predicted molar refractivity (Wildman–Crippen MR) is 76.4 cm³/mol. The maximum atomic E-state index is 11.9. The first-order valence-corrected chi connectivity index (χ1v) is 6.68. The summed E-state index contributed by atoms with van der Waals surface area (Å²) in [6.07, 6.45) is 1.42. The van der Waals surface area contributed by atoms with Gasteiger partial charge in [0, 0.05) is 12.2 Å². The Labute approximate surface area is 119 Å². The van der Waals surface area contributed by atoms with E-state index in [1.807, 2.05) is 30.3 Å². The van der Waals surface area contributed by atoms with Crippen LogP contribution < -0.4 is 4.90 Å². The average Bonchev–Trinajstić information content (AvgIpc) is 2.45. The fraction of sp³-hybridized carbons (Fsp3) is 0.400. The molecule has 0 saturated carbocycles. The summed E-state index contributed by atoms with van der Waals surface area (Å²) in [7, 11) is 0. The van der Waals surface area contributed by atoms with Crippen molar-refractivity contribution >= 4 is 17.7 Å². The van der Waals surface area contributed by atoms with Crippen molar-refractivity contribution in [1.29, 1.82) is 0 Å². The van der Waals surface area contributed by atoms with Gasteiger partial charge >= 0.3 is 12.1 Å². The molecule has 1 rings (SSSR count). The quantitative estimate of drug-likeness (QED) is 0.720. The molecule has 0 aliphatic heterocycles. The summed E-state index contributed by atoms with van der Waals surface area (Å²) in [6.45, 7) is 4.52. The number of rotatable bonds is 7. The monoisotopic (exact) mass is 278 g/mol. The van der Waals surface area contributed by atoms with Crippen molar-refractivity contribution in [2.75, 3.05) is 24.7 Å². The Morgan fingerprint density at radius 3 is 2.35 bits per heavy atom. The molecule has 0 N–H and O–H groups in total. The minimum Gasteiger partial charge on any atom is -0.466 e.